The molecule has 2 rings (SSSR count). The maximum absolute atomic E-state index is 11.8. The molecule has 1 saturated carbocycles. The average Bonchev–Trinajstić information content (AvgIpc) is 3.05. The molecule has 0 unspecified atom stereocenters. The Kier molecular flexibility index (Phi) is 4.36. The van der Waals surface area contributed by atoms with E-state index in [-0.39, 0.29) is 16.8 Å². The van der Waals surface area contributed by atoms with E-state index in [1.165, 1.54) is 31.4 Å². The third-order valence-electron chi connectivity index (χ3n) is 3.59. The zero-order valence-electron chi connectivity index (χ0n) is 10.8. The molecule has 0 aromatic heterocycles. The number of hydrogen-bond acceptors (Lipinski definition) is 3. The lowest BCUT2D eigenvalue weighted by atomic mass is 10.1. The van der Waals surface area contributed by atoms with Crippen LogP contribution in [0.2, 0.25) is 0 Å². The Morgan fingerprint density at radius 1 is 1.59 bits per heavy atom. The molecule has 4 heteroatoms. The van der Waals surface area contributed by atoms with Crippen molar-refractivity contribution in [2.75, 3.05) is 18.9 Å². The minimum atomic E-state index is -0.300. The molecule has 98 valence electrons. The van der Waals surface area contributed by atoms with Crippen LogP contribution in [0, 0.1) is 5.92 Å². The number of amides is 1. The largest absolute Gasteiger partial charge is 0.368 e. The highest BCUT2D eigenvalue weighted by molar-refractivity contribution is 8.00. The second-order valence-electron chi connectivity index (χ2n) is 5.54. The fourth-order valence-corrected chi connectivity index (χ4v) is 3.28. The van der Waals surface area contributed by atoms with Gasteiger partial charge in [-0.2, -0.15) is 11.8 Å². The summed E-state index contributed by atoms with van der Waals surface area (Å²) in [6, 6.07) is 0. The van der Waals surface area contributed by atoms with Gasteiger partial charge in [-0.25, -0.2) is 0 Å². The first-order valence-electron chi connectivity index (χ1n) is 6.62. The highest BCUT2D eigenvalue weighted by Gasteiger charge is 2.30. The summed E-state index contributed by atoms with van der Waals surface area (Å²) in [6.07, 6.45) is 4.71. The highest BCUT2D eigenvalue weighted by atomic mass is 32.2. The normalized spacial score (nSPS) is 30.2. The van der Waals surface area contributed by atoms with E-state index in [1.807, 2.05) is 18.7 Å². The monoisotopic (exact) mass is 257 g/mol. The Labute approximate surface area is 108 Å². The third kappa shape index (κ3) is 4.18. The van der Waals surface area contributed by atoms with Gasteiger partial charge < -0.3 is 10.1 Å². The van der Waals surface area contributed by atoms with Gasteiger partial charge in [0.2, 0.25) is 5.91 Å². The molecule has 0 radical (unpaired) electrons. The summed E-state index contributed by atoms with van der Waals surface area (Å²) in [5.74, 6) is 1.98. The molecule has 1 heterocycles. The van der Waals surface area contributed by atoms with Crippen molar-refractivity contribution in [1.82, 2.24) is 5.32 Å². The van der Waals surface area contributed by atoms with E-state index in [9.17, 15) is 4.79 Å². The number of carbonyl (C=O) groups excluding carboxylic acids is 1. The van der Waals surface area contributed by atoms with Crippen molar-refractivity contribution in [3.63, 3.8) is 0 Å². The van der Waals surface area contributed by atoms with E-state index in [0.29, 0.717) is 5.92 Å². The predicted molar refractivity (Wildman–Crippen MR) is 71.2 cm³/mol. The number of nitrogens with one attached hydrogen (secondary N) is 1. The number of carbonyl (C=O) groups is 1. The summed E-state index contributed by atoms with van der Waals surface area (Å²) in [5.41, 5.74) is 0. The number of thioether (sulfide) groups is 1. The maximum Gasteiger partial charge on any atom is 0.248 e. The third-order valence-corrected chi connectivity index (χ3v) is 5.12. The van der Waals surface area contributed by atoms with Crippen molar-refractivity contribution >= 4 is 17.7 Å². The van der Waals surface area contributed by atoms with Gasteiger partial charge in [0.25, 0.3) is 0 Å². The summed E-state index contributed by atoms with van der Waals surface area (Å²) < 4.78 is 5.80. The average molecular weight is 257 g/mol. The number of hydrogen-bond donors (Lipinski definition) is 1. The molecule has 2 fully saturated rings. The second kappa shape index (κ2) is 5.61. The van der Waals surface area contributed by atoms with E-state index in [4.69, 9.17) is 4.74 Å². The van der Waals surface area contributed by atoms with Crippen LogP contribution in [0.25, 0.3) is 0 Å². The van der Waals surface area contributed by atoms with Crippen LogP contribution in [0.1, 0.15) is 39.5 Å². The molecule has 2 aliphatic rings. The van der Waals surface area contributed by atoms with Gasteiger partial charge >= 0.3 is 0 Å². The molecule has 0 aromatic rings. The highest BCUT2D eigenvalue weighted by Crippen LogP contribution is 2.37. The first-order chi connectivity index (χ1) is 8.09. The second-order valence-corrected chi connectivity index (χ2v) is 7.22. The van der Waals surface area contributed by atoms with Gasteiger partial charge in [0.05, 0.1) is 6.61 Å². The maximum atomic E-state index is 11.8. The Morgan fingerprint density at radius 3 is 2.94 bits per heavy atom. The standard InChI is InChI=1S/C13H23NO2S/c1-10(16-8-11-4-5-11)12(15)14-9-13(2)6-3-7-17-13/h10-11H,3-9H2,1-2H3,(H,14,15)/t10-,13-/m1/s1. The van der Waals surface area contributed by atoms with Crippen LogP contribution in [0.4, 0.5) is 0 Å². The molecular formula is C13H23NO2S. The molecule has 17 heavy (non-hydrogen) atoms. The molecule has 1 aliphatic carbocycles. The van der Waals surface area contributed by atoms with Crippen LogP contribution < -0.4 is 5.32 Å². The molecule has 1 aliphatic heterocycles. The smallest absolute Gasteiger partial charge is 0.248 e. The molecule has 0 spiro atoms. The summed E-state index contributed by atoms with van der Waals surface area (Å²) in [7, 11) is 0. The Morgan fingerprint density at radius 2 is 2.35 bits per heavy atom. The van der Waals surface area contributed by atoms with Gasteiger partial charge in [0.15, 0.2) is 0 Å². The first-order valence-corrected chi connectivity index (χ1v) is 7.61. The molecule has 2 atom stereocenters. The van der Waals surface area contributed by atoms with Gasteiger partial charge in [-0.3, -0.25) is 4.79 Å². The minimum absolute atomic E-state index is 0.0411. The summed E-state index contributed by atoms with van der Waals surface area (Å²) >= 11 is 1.97. The fourth-order valence-electron chi connectivity index (χ4n) is 2.03. The molecule has 1 amide bonds. The van der Waals surface area contributed by atoms with Crippen LogP contribution in [0.3, 0.4) is 0 Å². The molecule has 3 nitrogen and oxygen atoms in total. The van der Waals surface area contributed by atoms with Crippen LogP contribution >= 0.6 is 11.8 Å². The Balaban J connectivity index is 1.64. The van der Waals surface area contributed by atoms with Crippen molar-refractivity contribution in [3.05, 3.63) is 0 Å². The predicted octanol–water partition coefficient (Wildman–Crippen LogP) is 2.20. The summed E-state index contributed by atoms with van der Waals surface area (Å²) in [6.45, 7) is 5.61. The number of ether oxygens (including phenoxy) is 1. The SMILES string of the molecule is C[C@@H](OCC1CC1)C(=O)NC[C@@]1(C)CCCS1. The van der Waals surface area contributed by atoms with E-state index < -0.39 is 0 Å². The van der Waals surface area contributed by atoms with E-state index in [0.717, 1.165) is 13.2 Å². The summed E-state index contributed by atoms with van der Waals surface area (Å²) in [5, 5.41) is 3.02. The number of rotatable bonds is 6. The van der Waals surface area contributed by atoms with Crippen LogP contribution in [0.5, 0.6) is 0 Å². The first kappa shape index (κ1) is 13.2. The topological polar surface area (TPSA) is 38.3 Å². The van der Waals surface area contributed by atoms with Crippen LogP contribution in [-0.2, 0) is 9.53 Å². The fraction of sp³-hybridized carbons (Fsp3) is 0.923. The van der Waals surface area contributed by atoms with Crippen molar-refractivity contribution in [1.29, 1.82) is 0 Å². The zero-order valence-corrected chi connectivity index (χ0v) is 11.6. The van der Waals surface area contributed by atoms with Crippen molar-refractivity contribution in [2.24, 2.45) is 5.92 Å². The van der Waals surface area contributed by atoms with Gasteiger partial charge in [0.1, 0.15) is 6.10 Å². The van der Waals surface area contributed by atoms with E-state index in [2.05, 4.69) is 12.2 Å². The Hall–Kier alpha value is -0.220. The molecular weight excluding hydrogens is 234 g/mol. The molecule has 0 aromatic carbocycles. The molecule has 1 N–H and O–H groups in total. The van der Waals surface area contributed by atoms with Crippen LogP contribution in [0.15, 0.2) is 0 Å². The van der Waals surface area contributed by atoms with Gasteiger partial charge in [-0.15, -0.1) is 0 Å². The lowest BCUT2D eigenvalue weighted by molar-refractivity contribution is -0.132. The quantitative estimate of drug-likeness (QED) is 0.793. The van der Waals surface area contributed by atoms with Gasteiger partial charge in [0, 0.05) is 11.3 Å². The van der Waals surface area contributed by atoms with E-state index >= 15 is 0 Å². The van der Waals surface area contributed by atoms with Gasteiger partial charge in [-0.05, 0) is 51.2 Å². The van der Waals surface area contributed by atoms with Gasteiger partial charge in [-0.1, -0.05) is 0 Å². The summed E-state index contributed by atoms with van der Waals surface area (Å²) in [4.78, 5) is 11.8. The Bertz CT molecular complexity index is 273. The van der Waals surface area contributed by atoms with Crippen molar-refractivity contribution < 1.29 is 9.53 Å². The lowest BCUT2D eigenvalue weighted by Gasteiger charge is -2.24. The molecule has 0 bridgehead atoms. The van der Waals surface area contributed by atoms with Crippen molar-refractivity contribution in [3.8, 4) is 0 Å². The minimum Gasteiger partial charge on any atom is -0.368 e. The zero-order chi connectivity index (χ0) is 12.3. The molecule has 1 saturated heterocycles. The van der Waals surface area contributed by atoms with Crippen molar-refractivity contribution in [2.45, 2.75) is 50.4 Å². The lowest BCUT2D eigenvalue weighted by Crippen LogP contribution is -2.42. The van der Waals surface area contributed by atoms with Crippen LogP contribution in [-0.4, -0.2) is 35.7 Å². The van der Waals surface area contributed by atoms with E-state index in [1.54, 1.807) is 0 Å².